The lowest BCUT2D eigenvalue weighted by Crippen LogP contribution is -2.42. The molecule has 0 aliphatic carbocycles. The van der Waals surface area contributed by atoms with E-state index in [9.17, 15) is 4.79 Å². The minimum absolute atomic E-state index is 0.00133. The lowest BCUT2D eigenvalue weighted by molar-refractivity contribution is -0.137. The van der Waals surface area contributed by atoms with Crippen molar-refractivity contribution in [1.29, 1.82) is 0 Å². The van der Waals surface area contributed by atoms with Crippen LogP contribution in [0.1, 0.15) is 0 Å². The molecule has 0 bridgehead atoms. The zero-order valence-electron chi connectivity index (χ0n) is 14.4. The standard InChI is InChI=1S/C21H20N2O3/c24-21(23-9-11-25-12-10-23)15-26-20-4-3-18-13-17(1-2-19(18)14-20)16-5-7-22-8-6-16/h1-8,13-14H,9-12,15H2. The van der Waals surface area contributed by atoms with Gasteiger partial charge in [-0.1, -0.05) is 18.2 Å². The van der Waals surface area contributed by atoms with Crippen LogP contribution in [0.2, 0.25) is 0 Å². The summed E-state index contributed by atoms with van der Waals surface area (Å²) < 4.78 is 11.0. The number of morpholine rings is 1. The molecular weight excluding hydrogens is 328 g/mol. The molecule has 5 nitrogen and oxygen atoms in total. The molecular formula is C21H20N2O3. The molecule has 1 aromatic heterocycles. The zero-order chi connectivity index (χ0) is 17.8. The van der Waals surface area contributed by atoms with Gasteiger partial charge in [0.1, 0.15) is 5.75 Å². The number of carbonyl (C=O) groups excluding carboxylic acids is 1. The number of fused-ring (bicyclic) bond motifs is 1. The highest BCUT2D eigenvalue weighted by molar-refractivity contribution is 5.88. The minimum Gasteiger partial charge on any atom is -0.484 e. The molecule has 0 N–H and O–H groups in total. The number of hydrogen-bond donors (Lipinski definition) is 0. The Labute approximate surface area is 152 Å². The Morgan fingerprint density at radius 1 is 0.962 bits per heavy atom. The number of amides is 1. The molecule has 5 heteroatoms. The number of rotatable bonds is 4. The molecule has 0 atom stereocenters. The quantitative estimate of drug-likeness (QED) is 0.727. The van der Waals surface area contributed by atoms with Crippen molar-refractivity contribution in [3.63, 3.8) is 0 Å². The van der Waals surface area contributed by atoms with Gasteiger partial charge < -0.3 is 14.4 Å². The predicted octanol–water partition coefficient (Wildman–Crippen LogP) is 3.14. The molecule has 1 aliphatic heterocycles. The van der Waals surface area contributed by atoms with Crippen LogP contribution in [0.5, 0.6) is 5.75 Å². The molecule has 26 heavy (non-hydrogen) atoms. The van der Waals surface area contributed by atoms with Gasteiger partial charge in [-0.15, -0.1) is 0 Å². The van der Waals surface area contributed by atoms with Crippen LogP contribution in [0.3, 0.4) is 0 Å². The lowest BCUT2D eigenvalue weighted by atomic mass is 10.0. The van der Waals surface area contributed by atoms with Gasteiger partial charge in [0, 0.05) is 25.5 Å². The van der Waals surface area contributed by atoms with Gasteiger partial charge in [0.25, 0.3) is 5.91 Å². The molecule has 1 amide bonds. The molecule has 0 unspecified atom stereocenters. The van der Waals surface area contributed by atoms with E-state index < -0.39 is 0 Å². The second-order valence-electron chi connectivity index (χ2n) is 6.24. The van der Waals surface area contributed by atoms with Crippen molar-refractivity contribution in [3.8, 4) is 16.9 Å². The van der Waals surface area contributed by atoms with Gasteiger partial charge in [-0.2, -0.15) is 0 Å². The van der Waals surface area contributed by atoms with Crippen LogP contribution >= 0.6 is 0 Å². The fraction of sp³-hybridized carbons (Fsp3) is 0.238. The van der Waals surface area contributed by atoms with Crippen LogP contribution in [-0.2, 0) is 9.53 Å². The van der Waals surface area contributed by atoms with E-state index in [0.29, 0.717) is 32.1 Å². The maximum absolute atomic E-state index is 12.2. The average Bonchev–Trinajstić information content (AvgIpc) is 2.72. The van der Waals surface area contributed by atoms with Gasteiger partial charge in [-0.3, -0.25) is 9.78 Å². The molecule has 4 rings (SSSR count). The monoisotopic (exact) mass is 348 g/mol. The number of benzene rings is 2. The first-order valence-corrected chi connectivity index (χ1v) is 8.72. The van der Waals surface area contributed by atoms with E-state index >= 15 is 0 Å². The van der Waals surface area contributed by atoms with Crippen molar-refractivity contribution < 1.29 is 14.3 Å². The third kappa shape index (κ3) is 3.68. The van der Waals surface area contributed by atoms with Crippen molar-refractivity contribution in [2.45, 2.75) is 0 Å². The number of hydrogen-bond acceptors (Lipinski definition) is 4. The summed E-state index contributed by atoms with van der Waals surface area (Å²) in [7, 11) is 0. The molecule has 132 valence electrons. The highest BCUT2D eigenvalue weighted by Gasteiger charge is 2.17. The summed E-state index contributed by atoms with van der Waals surface area (Å²) in [6.07, 6.45) is 3.59. The zero-order valence-corrected chi connectivity index (χ0v) is 14.4. The van der Waals surface area contributed by atoms with E-state index in [0.717, 1.165) is 21.9 Å². The third-order valence-electron chi connectivity index (χ3n) is 4.55. The van der Waals surface area contributed by atoms with Crippen LogP contribution in [0.15, 0.2) is 60.9 Å². The molecule has 2 heterocycles. The van der Waals surface area contributed by atoms with E-state index in [4.69, 9.17) is 9.47 Å². The summed E-state index contributed by atoms with van der Waals surface area (Å²) in [5.74, 6) is 0.706. The van der Waals surface area contributed by atoms with E-state index in [-0.39, 0.29) is 12.5 Å². The molecule has 0 saturated carbocycles. The van der Waals surface area contributed by atoms with E-state index in [1.54, 1.807) is 17.3 Å². The topological polar surface area (TPSA) is 51.7 Å². The highest BCUT2D eigenvalue weighted by atomic mass is 16.5. The summed E-state index contributed by atoms with van der Waals surface area (Å²) >= 11 is 0. The minimum atomic E-state index is 0.00133. The summed E-state index contributed by atoms with van der Waals surface area (Å²) in [5, 5.41) is 2.21. The van der Waals surface area contributed by atoms with Crippen molar-refractivity contribution in [1.82, 2.24) is 9.88 Å². The van der Waals surface area contributed by atoms with Gasteiger partial charge in [-0.05, 0) is 52.2 Å². The van der Waals surface area contributed by atoms with Gasteiger partial charge in [-0.25, -0.2) is 0 Å². The smallest absolute Gasteiger partial charge is 0.260 e. The molecule has 0 radical (unpaired) electrons. The number of nitrogens with zero attached hydrogens (tertiary/aromatic N) is 2. The molecule has 0 spiro atoms. The number of carbonyl (C=O) groups is 1. The van der Waals surface area contributed by atoms with Crippen LogP contribution in [0.25, 0.3) is 21.9 Å². The summed E-state index contributed by atoms with van der Waals surface area (Å²) in [6, 6.07) is 16.2. The fourth-order valence-corrected chi connectivity index (χ4v) is 3.09. The van der Waals surface area contributed by atoms with E-state index in [2.05, 4.69) is 23.2 Å². The van der Waals surface area contributed by atoms with Gasteiger partial charge in [0.15, 0.2) is 6.61 Å². The Kier molecular flexibility index (Phi) is 4.80. The SMILES string of the molecule is O=C(COc1ccc2cc(-c3ccncc3)ccc2c1)N1CCOCC1. The van der Waals surface area contributed by atoms with Crippen LogP contribution in [0.4, 0.5) is 0 Å². The highest BCUT2D eigenvalue weighted by Crippen LogP contribution is 2.26. The summed E-state index contributed by atoms with van der Waals surface area (Å²) in [4.78, 5) is 18.0. The predicted molar refractivity (Wildman–Crippen MR) is 100 cm³/mol. The normalized spacial score (nSPS) is 14.4. The third-order valence-corrected chi connectivity index (χ3v) is 4.55. The maximum Gasteiger partial charge on any atom is 0.260 e. The Morgan fingerprint density at radius 2 is 1.69 bits per heavy atom. The first kappa shape index (κ1) is 16.5. The van der Waals surface area contributed by atoms with Crippen LogP contribution in [-0.4, -0.2) is 48.7 Å². The largest absolute Gasteiger partial charge is 0.484 e. The molecule has 1 aliphatic rings. The fourth-order valence-electron chi connectivity index (χ4n) is 3.09. The van der Waals surface area contributed by atoms with Gasteiger partial charge >= 0.3 is 0 Å². The second-order valence-corrected chi connectivity index (χ2v) is 6.24. The first-order chi connectivity index (χ1) is 12.8. The van der Waals surface area contributed by atoms with Crippen molar-refractivity contribution in [2.24, 2.45) is 0 Å². The Balaban J connectivity index is 1.46. The molecule has 2 aromatic carbocycles. The summed E-state index contributed by atoms with van der Waals surface area (Å²) in [5.41, 5.74) is 2.29. The molecule has 1 saturated heterocycles. The van der Waals surface area contributed by atoms with Crippen molar-refractivity contribution in [2.75, 3.05) is 32.9 Å². The molecule has 1 fully saturated rings. The van der Waals surface area contributed by atoms with Crippen LogP contribution < -0.4 is 4.74 Å². The number of pyridine rings is 1. The summed E-state index contributed by atoms with van der Waals surface area (Å²) in [6.45, 7) is 2.53. The van der Waals surface area contributed by atoms with Gasteiger partial charge in [0.05, 0.1) is 13.2 Å². The van der Waals surface area contributed by atoms with Crippen LogP contribution in [0, 0.1) is 0 Å². The van der Waals surface area contributed by atoms with Crippen molar-refractivity contribution in [3.05, 3.63) is 60.9 Å². The second kappa shape index (κ2) is 7.54. The van der Waals surface area contributed by atoms with E-state index in [1.165, 1.54) is 0 Å². The van der Waals surface area contributed by atoms with Gasteiger partial charge in [0.2, 0.25) is 0 Å². The lowest BCUT2D eigenvalue weighted by Gasteiger charge is -2.26. The van der Waals surface area contributed by atoms with E-state index in [1.807, 2.05) is 30.3 Å². The Bertz CT molecular complexity index is 906. The average molecular weight is 348 g/mol. The number of ether oxygens (including phenoxy) is 2. The maximum atomic E-state index is 12.2. The first-order valence-electron chi connectivity index (χ1n) is 8.72. The Hall–Kier alpha value is -2.92. The number of aromatic nitrogens is 1. The Morgan fingerprint density at radius 3 is 2.50 bits per heavy atom. The van der Waals surface area contributed by atoms with Crippen molar-refractivity contribution >= 4 is 16.7 Å². The molecule has 3 aromatic rings.